The number of rotatable bonds is 3. The molecule has 3 rings (SSSR count). The van der Waals surface area contributed by atoms with E-state index < -0.39 is 4.92 Å². The predicted octanol–water partition coefficient (Wildman–Crippen LogP) is 2.89. The van der Waals surface area contributed by atoms with Crippen LogP contribution in [0.15, 0.2) is 46.6 Å². The van der Waals surface area contributed by atoms with E-state index in [-0.39, 0.29) is 11.3 Å². The molecule has 0 spiro atoms. The lowest BCUT2D eigenvalue weighted by molar-refractivity contribution is -0.385. The number of nitrogens with zero attached hydrogens (tertiary/aromatic N) is 4. The van der Waals surface area contributed by atoms with Gasteiger partial charge < -0.3 is 4.98 Å². The van der Waals surface area contributed by atoms with E-state index in [1.165, 1.54) is 23.9 Å². The van der Waals surface area contributed by atoms with E-state index in [9.17, 15) is 10.1 Å². The molecule has 0 unspecified atom stereocenters. The van der Waals surface area contributed by atoms with Crippen LogP contribution in [0.3, 0.4) is 0 Å². The van der Waals surface area contributed by atoms with Crippen molar-refractivity contribution in [2.45, 2.75) is 10.1 Å². The van der Waals surface area contributed by atoms with Crippen LogP contribution < -0.4 is 0 Å². The number of aromatic nitrogens is 3. The summed E-state index contributed by atoms with van der Waals surface area (Å²) in [5.74, 6) is 0. The monoisotopic (exact) mass is 297 g/mol. The van der Waals surface area contributed by atoms with Gasteiger partial charge in [-0.3, -0.25) is 10.1 Å². The van der Waals surface area contributed by atoms with E-state index in [0.717, 1.165) is 5.52 Å². The number of nitro benzene ring substituents is 1. The molecule has 0 aliphatic heterocycles. The molecule has 1 N–H and O–H groups in total. The van der Waals surface area contributed by atoms with Crippen molar-refractivity contribution in [3.63, 3.8) is 0 Å². The van der Waals surface area contributed by atoms with Crippen LogP contribution in [0.25, 0.3) is 11.2 Å². The summed E-state index contributed by atoms with van der Waals surface area (Å²) >= 11 is 1.28. The molecular weight excluding hydrogens is 290 g/mol. The first-order chi connectivity index (χ1) is 10.2. The molecule has 2 aromatic heterocycles. The van der Waals surface area contributed by atoms with Gasteiger partial charge >= 0.3 is 0 Å². The zero-order valence-electron chi connectivity index (χ0n) is 10.5. The van der Waals surface area contributed by atoms with E-state index in [4.69, 9.17) is 5.26 Å². The molecule has 0 aliphatic carbocycles. The molecule has 0 bridgehead atoms. The molecule has 21 heavy (non-hydrogen) atoms. The molecule has 0 atom stereocenters. The SMILES string of the molecule is N#Cc1cc(Sc2nc3ncccc3[nH]2)ccc1[N+](=O)[O-]. The van der Waals surface area contributed by atoms with E-state index in [1.54, 1.807) is 18.3 Å². The number of hydrogen-bond acceptors (Lipinski definition) is 6. The van der Waals surface area contributed by atoms with Crippen molar-refractivity contribution < 1.29 is 4.92 Å². The second kappa shape index (κ2) is 5.22. The van der Waals surface area contributed by atoms with Gasteiger partial charge in [0.05, 0.1) is 10.4 Å². The van der Waals surface area contributed by atoms with Crippen LogP contribution in [0, 0.1) is 21.4 Å². The summed E-state index contributed by atoms with van der Waals surface area (Å²) in [5, 5.41) is 20.4. The van der Waals surface area contributed by atoms with E-state index in [0.29, 0.717) is 15.7 Å². The maximum absolute atomic E-state index is 10.8. The highest BCUT2D eigenvalue weighted by Gasteiger charge is 2.15. The maximum atomic E-state index is 10.8. The first-order valence-electron chi connectivity index (χ1n) is 5.84. The van der Waals surface area contributed by atoms with Crippen LogP contribution in [0.1, 0.15) is 5.56 Å². The lowest BCUT2D eigenvalue weighted by Gasteiger charge is -1.99. The molecule has 0 saturated carbocycles. The van der Waals surface area contributed by atoms with Gasteiger partial charge in [0.2, 0.25) is 0 Å². The third-order valence-electron chi connectivity index (χ3n) is 2.74. The van der Waals surface area contributed by atoms with Crippen LogP contribution in [-0.2, 0) is 0 Å². The summed E-state index contributed by atoms with van der Waals surface area (Å²) in [6.07, 6.45) is 1.65. The van der Waals surface area contributed by atoms with Crippen LogP contribution >= 0.6 is 11.8 Å². The van der Waals surface area contributed by atoms with Crippen molar-refractivity contribution in [1.29, 1.82) is 5.26 Å². The van der Waals surface area contributed by atoms with Crippen LogP contribution in [0.5, 0.6) is 0 Å². The quantitative estimate of drug-likeness (QED) is 0.588. The van der Waals surface area contributed by atoms with Crippen molar-refractivity contribution in [1.82, 2.24) is 15.0 Å². The fourth-order valence-electron chi connectivity index (χ4n) is 1.81. The second-order valence-electron chi connectivity index (χ2n) is 4.07. The number of pyridine rings is 1. The van der Waals surface area contributed by atoms with E-state index >= 15 is 0 Å². The fraction of sp³-hybridized carbons (Fsp3) is 0. The fourth-order valence-corrected chi connectivity index (χ4v) is 2.64. The minimum atomic E-state index is -0.571. The molecule has 2 heterocycles. The Morgan fingerprint density at radius 1 is 1.38 bits per heavy atom. The summed E-state index contributed by atoms with van der Waals surface area (Å²) in [6.45, 7) is 0. The Labute approximate surface area is 122 Å². The molecule has 3 aromatic rings. The number of hydrogen-bond donors (Lipinski definition) is 1. The molecule has 0 aliphatic rings. The summed E-state index contributed by atoms with van der Waals surface area (Å²) in [7, 11) is 0. The van der Waals surface area contributed by atoms with Gasteiger partial charge in [-0.2, -0.15) is 5.26 Å². The van der Waals surface area contributed by atoms with Gasteiger partial charge in [0.25, 0.3) is 5.69 Å². The zero-order chi connectivity index (χ0) is 14.8. The molecule has 8 heteroatoms. The second-order valence-corrected chi connectivity index (χ2v) is 5.13. The van der Waals surface area contributed by atoms with Gasteiger partial charge in [0.15, 0.2) is 10.8 Å². The number of imidazole rings is 1. The third-order valence-corrected chi connectivity index (χ3v) is 3.61. The van der Waals surface area contributed by atoms with Gasteiger partial charge in [-0.1, -0.05) is 11.8 Å². The molecule has 7 nitrogen and oxygen atoms in total. The average molecular weight is 297 g/mol. The van der Waals surface area contributed by atoms with E-state index in [2.05, 4.69) is 15.0 Å². The zero-order valence-corrected chi connectivity index (χ0v) is 11.3. The lowest BCUT2D eigenvalue weighted by Crippen LogP contribution is -1.92. The summed E-state index contributed by atoms with van der Waals surface area (Å²) in [4.78, 5) is 22.4. The Morgan fingerprint density at radius 3 is 2.95 bits per heavy atom. The van der Waals surface area contributed by atoms with Crippen LogP contribution in [0.4, 0.5) is 5.69 Å². The molecule has 1 aromatic carbocycles. The van der Waals surface area contributed by atoms with Crippen molar-refractivity contribution >= 4 is 28.6 Å². The van der Waals surface area contributed by atoms with Crippen LogP contribution in [-0.4, -0.2) is 19.9 Å². The van der Waals surface area contributed by atoms with Gasteiger partial charge in [-0.05, 0) is 24.3 Å². The summed E-state index contributed by atoms with van der Waals surface area (Å²) in [5.41, 5.74) is 1.23. The Hall–Kier alpha value is -2.92. The first-order valence-corrected chi connectivity index (χ1v) is 6.66. The number of benzene rings is 1. The number of H-pyrrole nitrogens is 1. The average Bonchev–Trinajstić information content (AvgIpc) is 2.88. The van der Waals surface area contributed by atoms with Crippen molar-refractivity contribution in [3.8, 4) is 6.07 Å². The molecule has 0 saturated heterocycles. The largest absolute Gasteiger partial charge is 0.331 e. The Morgan fingerprint density at radius 2 is 2.24 bits per heavy atom. The Bertz CT molecular complexity index is 851. The minimum Gasteiger partial charge on any atom is -0.331 e. The third kappa shape index (κ3) is 2.54. The standard InChI is InChI=1S/C13H7N5O2S/c14-7-8-6-9(3-4-11(8)18(19)20)21-13-16-10-2-1-5-15-12(10)17-13/h1-6H,(H,15,16,17). The number of nitriles is 1. The smallest absolute Gasteiger partial charge is 0.287 e. The van der Waals surface area contributed by atoms with Gasteiger partial charge in [0, 0.05) is 17.2 Å². The topological polar surface area (TPSA) is 108 Å². The van der Waals surface area contributed by atoms with Crippen molar-refractivity contribution in [2.24, 2.45) is 0 Å². The highest BCUT2D eigenvalue weighted by molar-refractivity contribution is 7.99. The molecular formula is C13H7N5O2S. The van der Waals surface area contributed by atoms with E-state index in [1.807, 2.05) is 12.1 Å². The molecule has 0 amide bonds. The lowest BCUT2D eigenvalue weighted by atomic mass is 10.2. The number of aromatic amines is 1. The Kier molecular flexibility index (Phi) is 3.25. The first kappa shape index (κ1) is 13.1. The normalized spacial score (nSPS) is 10.4. The predicted molar refractivity (Wildman–Crippen MR) is 75.8 cm³/mol. The minimum absolute atomic E-state index is 0.0271. The van der Waals surface area contributed by atoms with Gasteiger partial charge in [0.1, 0.15) is 11.6 Å². The molecule has 0 fully saturated rings. The number of nitrogens with one attached hydrogen (secondary N) is 1. The maximum Gasteiger partial charge on any atom is 0.287 e. The van der Waals surface area contributed by atoms with Crippen molar-refractivity contribution in [2.75, 3.05) is 0 Å². The molecule has 0 radical (unpaired) electrons. The highest BCUT2D eigenvalue weighted by Crippen LogP contribution is 2.30. The highest BCUT2D eigenvalue weighted by atomic mass is 32.2. The Balaban J connectivity index is 1.94. The molecule has 102 valence electrons. The van der Waals surface area contributed by atoms with Crippen LogP contribution in [0.2, 0.25) is 0 Å². The summed E-state index contributed by atoms with van der Waals surface area (Å²) < 4.78 is 0. The van der Waals surface area contributed by atoms with Gasteiger partial charge in [-0.25, -0.2) is 9.97 Å². The van der Waals surface area contributed by atoms with Gasteiger partial charge in [-0.15, -0.1) is 0 Å². The number of fused-ring (bicyclic) bond motifs is 1. The van der Waals surface area contributed by atoms with Crippen molar-refractivity contribution in [3.05, 3.63) is 52.2 Å². The summed E-state index contributed by atoms with van der Waals surface area (Å²) in [6, 6.07) is 9.87. The number of nitro groups is 1.